The molecule has 2 atom stereocenters. The lowest BCUT2D eigenvalue weighted by Gasteiger charge is -2.33. The van der Waals surface area contributed by atoms with Crippen molar-refractivity contribution in [1.29, 1.82) is 0 Å². The zero-order valence-electron chi connectivity index (χ0n) is 9.24. The third kappa shape index (κ3) is 2.04. The molecular formula is C12H16FNOS. The second kappa shape index (κ2) is 4.63. The van der Waals surface area contributed by atoms with E-state index in [1.165, 1.54) is 6.07 Å². The Morgan fingerprint density at radius 3 is 2.88 bits per heavy atom. The topological polar surface area (TPSA) is 32.3 Å². The van der Waals surface area contributed by atoms with Crippen LogP contribution < -0.4 is 5.32 Å². The number of aliphatic hydroxyl groups excluding tert-OH is 1. The molecule has 0 amide bonds. The van der Waals surface area contributed by atoms with Crippen LogP contribution in [0.3, 0.4) is 0 Å². The normalized spacial score (nSPS) is 29.3. The van der Waals surface area contributed by atoms with Crippen molar-refractivity contribution in [1.82, 2.24) is 0 Å². The molecule has 1 aliphatic heterocycles. The second-order valence-electron chi connectivity index (χ2n) is 4.18. The molecular weight excluding hydrogens is 225 g/mol. The SMILES string of the molecule is CC1SCCC1(CO)Nc1ccccc1F. The van der Waals surface area contributed by atoms with E-state index in [0.29, 0.717) is 5.69 Å². The Balaban J connectivity index is 2.22. The molecule has 1 aromatic rings. The molecule has 0 saturated carbocycles. The van der Waals surface area contributed by atoms with Gasteiger partial charge in [0.2, 0.25) is 0 Å². The summed E-state index contributed by atoms with van der Waals surface area (Å²) in [4.78, 5) is 0. The van der Waals surface area contributed by atoms with Crippen molar-refractivity contribution in [3.05, 3.63) is 30.1 Å². The first kappa shape index (κ1) is 11.7. The van der Waals surface area contributed by atoms with E-state index >= 15 is 0 Å². The van der Waals surface area contributed by atoms with Crippen LogP contribution in [0.5, 0.6) is 0 Å². The summed E-state index contributed by atoms with van der Waals surface area (Å²) in [6.45, 7) is 2.11. The third-order valence-corrected chi connectivity index (χ3v) is 4.62. The molecule has 0 aliphatic carbocycles. The summed E-state index contributed by atoms with van der Waals surface area (Å²) < 4.78 is 13.5. The van der Waals surface area contributed by atoms with Crippen molar-refractivity contribution < 1.29 is 9.50 Å². The minimum Gasteiger partial charge on any atom is -0.394 e. The zero-order valence-corrected chi connectivity index (χ0v) is 10.1. The first-order chi connectivity index (χ1) is 7.68. The van der Waals surface area contributed by atoms with Crippen LogP contribution in [0.25, 0.3) is 0 Å². The van der Waals surface area contributed by atoms with Crippen LogP contribution in [0.1, 0.15) is 13.3 Å². The number of hydrogen-bond acceptors (Lipinski definition) is 3. The lowest BCUT2D eigenvalue weighted by Crippen LogP contribution is -2.47. The van der Waals surface area contributed by atoms with Crippen molar-refractivity contribution in [2.24, 2.45) is 0 Å². The Labute approximate surface area is 99.2 Å². The fourth-order valence-corrected chi connectivity index (χ4v) is 3.43. The molecule has 4 heteroatoms. The average molecular weight is 241 g/mol. The molecule has 1 fully saturated rings. The number of halogens is 1. The predicted octanol–water partition coefficient (Wildman–Crippen LogP) is 2.49. The van der Waals surface area contributed by atoms with E-state index in [1.54, 1.807) is 18.2 Å². The number of hydrogen-bond donors (Lipinski definition) is 2. The Kier molecular flexibility index (Phi) is 3.40. The third-order valence-electron chi connectivity index (χ3n) is 3.23. The van der Waals surface area contributed by atoms with Gasteiger partial charge in [-0.2, -0.15) is 11.8 Å². The number of anilines is 1. The minimum atomic E-state index is -0.382. The number of benzene rings is 1. The highest BCUT2D eigenvalue weighted by atomic mass is 32.2. The van der Waals surface area contributed by atoms with Gasteiger partial charge in [0.15, 0.2) is 0 Å². The largest absolute Gasteiger partial charge is 0.394 e. The second-order valence-corrected chi connectivity index (χ2v) is 5.63. The summed E-state index contributed by atoms with van der Waals surface area (Å²) in [5.74, 6) is 0.739. The van der Waals surface area contributed by atoms with Gasteiger partial charge in [-0.05, 0) is 24.3 Å². The molecule has 0 radical (unpaired) electrons. The van der Waals surface area contributed by atoms with Crippen molar-refractivity contribution in [3.63, 3.8) is 0 Å². The van der Waals surface area contributed by atoms with Gasteiger partial charge < -0.3 is 10.4 Å². The molecule has 1 aromatic carbocycles. The lowest BCUT2D eigenvalue weighted by atomic mass is 9.93. The van der Waals surface area contributed by atoms with Crippen LogP contribution >= 0.6 is 11.8 Å². The van der Waals surface area contributed by atoms with Gasteiger partial charge in [-0.1, -0.05) is 19.1 Å². The number of nitrogens with one attached hydrogen (secondary N) is 1. The molecule has 0 bridgehead atoms. The Hall–Kier alpha value is -0.740. The smallest absolute Gasteiger partial charge is 0.146 e. The summed E-state index contributed by atoms with van der Waals surface area (Å²) in [5.41, 5.74) is 0.0956. The van der Waals surface area contributed by atoms with Gasteiger partial charge >= 0.3 is 0 Å². The molecule has 1 aliphatic rings. The first-order valence-corrected chi connectivity index (χ1v) is 6.48. The van der Waals surface area contributed by atoms with E-state index in [4.69, 9.17) is 0 Å². The van der Waals surface area contributed by atoms with Crippen molar-refractivity contribution in [2.75, 3.05) is 17.7 Å². The van der Waals surface area contributed by atoms with Crippen LogP contribution in [0.2, 0.25) is 0 Å². The maximum absolute atomic E-state index is 13.5. The van der Waals surface area contributed by atoms with E-state index in [0.717, 1.165) is 12.2 Å². The number of rotatable bonds is 3. The van der Waals surface area contributed by atoms with Crippen molar-refractivity contribution in [3.8, 4) is 0 Å². The summed E-state index contributed by atoms with van der Waals surface area (Å²) >= 11 is 1.81. The highest BCUT2D eigenvalue weighted by Gasteiger charge is 2.40. The fraction of sp³-hybridized carbons (Fsp3) is 0.500. The molecule has 1 saturated heterocycles. The van der Waals surface area contributed by atoms with E-state index in [1.807, 2.05) is 11.8 Å². The summed E-state index contributed by atoms with van der Waals surface area (Å²) in [7, 11) is 0. The average Bonchev–Trinajstić information content (AvgIpc) is 2.64. The van der Waals surface area contributed by atoms with Crippen molar-refractivity contribution in [2.45, 2.75) is 24.1 Å². The van der Waals surface area contributed by atoms with Crippen LogP contribution in [0.15, 0.2) is 24.3 Å². The molecule has 2 unspecified atom stereocenters. The van der Waals surface area contributed by atoms with Gasteiger partial charge in [-0.15, -0.1) is 0 Å². The molecule has 2 N–H and O–H groups in total. The maximum atomic E-state index is 13.5. The molecule has 2 rings (SSSR count). The summed E-state index contributed by atoms with van der Waals surface area (Å²) in [6.07, 6.45) is 0.865. The predicted molar refractivity (Wildman–Crippen MR) is 66.4 cm³/mol. The van der Waals surface area contributed by atoms with Gasteiger partial charge in [0.05, 0.1) is 17.8 Å². The van der Waals surface area contributed by atoms with Crippen LogP contribution in [0, 0.1) is 5.82 Å². The van der Waals surface area contributed by atoms with E-state index in [9.17, 15) is 9.50 Å². The first-order valence-electron chi connectivity index (χ1n) is 5.43. The highest BCUT2D eigenvalue weighted by Crippen LogP contribution is 2.38. The summed E-state index contributed by atoms with van der Waals surface area (Å²) in [6, 6.07) is 6.60. The van der Waals surface area contributed by atoms with Crippen LogP contribution in [0.4, 0.5) is 10.1 Å². The van der Waals surface area contributed by atoms with Gasteiger partial charge in [-0.3, -0.25) is 0 Å². The van der Waals surface area contributed by atoms with Crippen molar-refractivity contribution >= 4 is 17.4 Å². The van der Waals surface area contributed by atoms with Crippen LogP contribution in [-0.2, 0) is 0 Å². The molecule has 0 aromatic heterocycles. The molecule has 1 heterocycles. The van der Waals surface area contributed by atoms with E-state index < -0.39 is 0 Å². The highest BCUT2D eigenvalue weighted by molar-refractivity contribution is 8.00. The zero-order chi connectivity index (χ0) is 11.6. The molecule has 2 nitrogen and oxygen atoms in total. The van der Waals surface area contributed by atoms with E-state index in [2.05, 4.69) is 12.2 Å². The summed E-state index contributed by atoms with van der Waals surface area (Å²) in [5, 5.41) is 13.0. The number of para-hydroxylation sites is 1. The number of thioether (sulfide) groups is 1. The molecule has 16 heavy (non-hydrogen) atoms. The van der Waals surface area contributed by atoms with Gasteiger partial charge in [0.1, 0.15) is 5.82 Å². The maximum Gasteiger partial charge on any atom is 0.146 e. The fourth-order valence-electron chi connectivity index (χ4n) is 2.02. The Morgan fingerprint density at radius 2 is 2.31 bits per heavy atom. The lowest BCUT2D eigenvalue weighted by molar-refractivity contribution is 0.212. The van der Waals surface area contributed by atoms with Gasteiger partial charge in [0, 0.05) is 5.25 Å². The quantitative estimate of drug-likeness (QED) is 0.852. The Bertz CT molecular complexity index is 374. The Morgan fingerprint density at radius 1 is 1.56 bits per heavy atom. The van der Waals surface area contributed by atoms with Gasteiger partial charge in [0.25, 0.3) is 0 Å². The van der Waals surface area contributed by atoms with Gasteiger partial charge in [-0.25, -0.2) is 4.39 Å². The number of aliphatic hydroxyl groups is 1. The standard InChI is InChI=1S/C12H16FNOS/c1-9-12(8-15,6-7-16-9)14-11-5-3-2-4-10(11)13/h2-5,9,14-15H,6-8H2,1H3. The molecule has 0 spiro atoms. The minimum absolute atomic E-state index is 0.0372. The molecule has 88 valence electrons. The monoisotopic (exact) mass is 241 g/mol. The van der Waals surface area contributed by atoms with Crippen LogP contribution in [-0.4, -0.2) is 28.3 Å². The van der Waals surface area contributed by atoms with E-state index in [-0.39, 0.29) is 23.2 Å².